The predicted molar refractivity (Wildman–Crippen MR) is 75.2 cm³/mol. The molecule has 0 aliphatic heterocycles. The highest BCUT2D eigenvalue weighted by Gasteiger charge is 2.21. The lowest BCUT2D eigenvalue weighted by atomic mass is 10.0. The second-order valence-electron chi connectivity index (χ2n) is 4.73. The van der Waals surface area contributed by atoms with Gasteiger partial charge in [0.1, 0.15) is 5.82 Å². The summed E-state index contributed by atoms with van der Waals surface area (Å²) in [5.41, 5.74) is 0.773. The summed E-state index contributed by atoms with van der Waals surface area (Å²) >= 11 is 0. The van der Waals surface area contributed by atoms with Crippen molar-refractivity contribution in [1.29, 1.82) is 0 Å². The Hall–Kier alpha value is -0.930. The second-order valence-corrected chi connectivity index (χ2v) is 4.73. The maximum absolute atomic E-state index is 13.8. The van der Waals surface area contributed by atoms with Crippen LogP contribution in [0.15, 0.2) is 24.3 Å². The molecular weight excluding hydrogens is 227 g/mol. The van der Waals surface area contributed by atoms with Gasteiger partial charge in [0.2, 0.25) is 0 Å². The van der Waals surface area contributed by atoms with E-state index in [1.807, 2.05) is 12.1 Å². The van der Waals surface area contributed by atoms with E-state index in [4.69, 9.17) is 0 Å². The van der Waals surface area contributed by atoms with Crippen molar-refractivity contribution in [3.63, 3.8) is 0 Å². The van der Waals surface area contributed by atoms with Crippen molar-refractivity contribution < 1.29 is 4.39 Å². The number of nitrogens with zero attached hydrogens (tertiary/aromatic N) is 1. The van der Waals surface area contributed by atoms with Crippen molar-refractivity contribution in [2.75, 3.05) is 20.1 Å². The van der Waals surface area contributed by atoms with Crippen LogP contribution in [0.4, 0.5) is 4.39 Å². The van der Waals surface area contributed by atoms with E-state index in [1.165, 1.54) is 6.07 Å². The van der Waals surface area contributed by atoms with E-state index in [9.17, 15) is 4.39 Å². The van der Waals surface area contributed by atoms with Crippen LogP contribution >= 0.6 is 0 Å². The average molecular weight is 252 g/mol. The van der Waals surface area contributed by atoms with E-state index in [2.05, 4.69) is 38.0 Å². The Labute approximate surface area is 110 Å². The van der Waals surface area contributed by atoms with Crippen molar-refractivity contribution in [3.05, 3.63) is 35.6 Å². The molecule has 1 N–H and O–H groups in total. The minimum Gasteiger partial charge on any atom is -0.315 e. The van der Waals surface area contributed by atoms with E-state index in [0.29, 0.717) is 6.04 Å². The van der Waals surface area contributed by atoms with Crippen molar-refractivity contribution in [3.8, 4) is 0 Å². The molecule has 2 atom stereocenters. The molecule has 0 aliphatic rings. The lowest BCUT2D eigenvalue weighted by molar-refractivity contribution is 0.173. The Morgan fingerprint density at radius 1 is 1.28 bits per heavy atom. The Kier molecular flexibility index (Phi) is 6.30. The fraction of sp³-hybridized carbons (Fsp3) is 0.600. The van der Waals surface area contributed by atoms with Crippen molar-refractivity contribution in [1.82, 2.24) is 10.2 Å². The Bertz CT molecular complexity index is 354. The third-order valence-corrected chi connectivity index (χ3v) is 3.64. The standard InChI is InChI=1S/C15H25FN2/c1-5-13(11-17-6-2)18(4)12(3)14-9-7-8-10-15(14)16/h7-10,12-13,17H,5-6,11H2,1-4H3. The van der Waals surface area contributed by atoms with Crippen LogP contribution in [0.3, 0.4) is 0 Å². The van der Waals surface area contributed by atoms with E-state index < -0.39 is 0 Å². The Morgan fingerprint density at radius 3 is 2.50 bits per heavy atom. The molecule has 0 saturated carbocycles. The summed E-state index contributed by atoms with van der Waals surface area (Å²) in [6.45, 7) is 8.26. The lowest BCUT2D eigenvalue weighted by Crippen LogP contribution is -2.41. The highest BCUT2D eigenvalue weighted by molar-refractivity contribution is 5.20. The highest BCUT2D eigenvalue weighted by atomic mass is 19.1. The quantitative estimate of drug-likeness (QED) is 0.801. The molecule has 0 amide bonds. The number of nitrogens with one attached hydrogen (secondary N) is 1. The second kappa shape index (κ2) is 7.49. The van der Waals surface area contributed by atoms with Gasteiger partial charge in [-0.1, -0.05) is 32.0 Å². The molecule has 0 aromatic heterocycles. The molecule has 18 heavy (non-hydrogen) atoms. The van der Waals surface area contributed by atoms with Gasteiger partial charge in [0.25, 0.3) is 0 Å². The highest BCUT2D eigenvalue weighted by Crippen LogP contribution is 2.23. The smallest absolute Gasteiger partial charge is 0.127 e. The van der Waals surface area contributed by atoms with Crippen LogP contribution in [-0.4, -0.2) is 31.1 Å². The summed E-state index contributed by atoms with van der Waals surface area (Å²) in [6, 6.07) is 7.56. The van der Waals surface area contributed by atoms with Crippen LogP contribution in [0.25, 0.3) is 0 Å². The summed E-state index contributed by atoms with van der Waals surface area (Å²) in [7, 11) is 2.07. The van der Waals surface area contributed by atoms with Gasteiger partial charge in [0.15, 0.2) is 0 Å². The van der Waals surface area contributed by atoms with Gasteiger partial charge in [0, 0.05) is 24.2 Å². The van der Waals surface area contributed by atoms with E-state index in [1.54, 1.807) is 6.07 Å². The molecular formula is C15H25FN2. The van der Waals surface area contributed by atoms with Gasteiger partial charge in [-0.2, -0.15) is 0 Å². The molecule has 0 bridgehead atoms. The zero-order chi connectivity index (χ0) is 13.5. The number of benzene rings is 1. The van der Waals surface area contributed by atoms with Gasteiger partial charge in [-0.25, -0.2) is 4.39 Å². The van der Waals surface area contributed by atoms with E-state index in [-0.39, 0.29) is 11.9 Å². The number of hydrogen-bond donors (Lipinski definition) is 1. The minimum absolute atomic E-state index is 0.0924. The van der Waals surface area contributed by atoms with Crippen molar-refractivity contribution in [2.45, 2.75) is 39.3 Å². The Balaban J connectivity index is 2.75. The maximum atomic E-state index is 13.8. The molecule has 102 valence electrons. The first-order valence-electron chi connectivity index (χ1n) is 6.78. The molecule has 3 heteroatoms. The first-order valence-corrected chi connectivity index (χ1v) is 6.78. The zero-order valence-electron chi connectivity index (χ0n) is 11.9. The SMILES string of the molecule is CCNCC(CC)N(C)C(C)c1ccccc1F. The number of likely N-dealkylation sites (N-methyl/N-ethyl adjacent to an activating group) is 2. The van der Waals surface area contributed by atoms with Gasteiger partial charge in [0.05, 0.1) is 0 Å². The average Bonchev–Trinajstić information content (AvgIpc) is 2.39. The molecule has 0 spiro atoms. The van der Waals surface area contributed by atoms with Gasteiger partial charge < -0.3 is 5.32 Å². The van der Waals surface area contributed by atoms with Crippen molar-refractivity contribution >= 4 is 0 Å². The predicted octanol–water partition coefficient (Wildman–Crippen LogP) is 3.21. The molecule has 0 heterocycles. The molecule has 0 saturated heterocycles. The number of hydrogen-bond acceptors (Lipinski definition) is 2. The molecule has 1 aromatic rings. The third kappa shape index (κ3) is 3.79. The summed E-state index contributed by atoms with van der Waals surface area (Å²) in [6.07, 6.45) is 1.06. The monoisotopic (exact) mass is 252 g/mol. The normalized spacial score (nSPS) is 14.8. The van der Waals surface area contributed by atoms with Crippen LogP contribution in [0.5, 0.6) is 0 Å². The first kappa shape index (κ1) is 15.1. The van der Waals surface area contributed by atoms with Crippen LogP contribution < -0.4 is 5.32 Å². The summed E-state index contributed by atoms with van der Waals surface area (Å²) < 4.78 is 13.8. The molecule has 2 nitrogen and oxygen atoms in total. The minimum atomic E-state index is -0.116. The van der Waals surface area contributed by atoms with Gasteiger partial charge in [-0.3, -0.25) is 4.90 Å². The molecule has 1 rings (SSSR count). The van der Waals surface area contributed by atoms with Gasteiger partial charge >= 0.3 is 0 Å². The fourth-order valence-electron chi connectivity index (χ4n) is 2.24. The molecule has 0 aliphatic carbocycles. The van der Waals surface area contributed by atoms with Crippen LogP contribution in [-0.2, 0) is 0 Å². The van der Waals surface area contributed by atoms with Gasteiger partial charge in [-0.05, 0) is 33.0 Å². The Morgan fingerprint density at radius 2 is 1.94 bits per heavy atom. The zero-order valence-corrected chi connectivity index (χ0v) is 11.9. The lowest BCUT2D eigenvalue weighted by Gasteiger charge is -2.33. The largest absolute Gasteiger partial charge is 0.315 e. The topological polar surface area (TPSA) is 15.3 Å². The van der Waals surface area contributed by atoms with Crippen LogP contribution in [0, 0.1) is 5.82 Å². The van der Waals surface area contributed by atoms with E-state index >= 15 is 0 Å². The van der Waals surface area contributed by atoms with E-state index in [0.717, 1.165) is 25.1 Å². The van der Waals surface area contributed by atoms with Gasteiger partial charge in [-0.15, -0.1) is 0 Å². The summed E-state index contributed by atoms with van der Waals surface area (Å²) in [5.74, 6) is -0.116. The van der Waals surface area contributed by atoms with Crippen LogP contribution in [0.2, 0.25) is 0 Å². The first-order chi connectivity index (χ1) is 8.61. The summed E-state index contributed by atoms with van der Waals surface area (Å²) in [4.78, 5) is 2.25. The molecule has 0 radical (unpaired) electrons. The molecule has 1 aromatic carbocycles. The van der Waals surface area contributed by atoms with Crippen molar-refractivity contribution in [2.24, 2.45) is 0 Å². The molecule has 0 fully saturated rings. The summed E-state index contributed by atoms with van der Waals surface area (Å²) in [5, 5.41) is 3.37. The fourth-order valence-corrected chi connectivity index (χ4v) is 2.24. The number of halogens is 1. The molecule has 2 unspecified atom stereocenters. The third-order valence-electron chi connectivity index (χ3n) is 3.64. The van der Waals surface area contributed by atoms with Crippen LogP contribution in [0.1, 0.15) is 38.8 Å². The maximum Gasteiger partial charge on any atom is 0.127 e. The number of rotatable bonds is 7.